The lowest BCUT2D eigenvalue weighted by Gasteiger charge is -2.54. The molecule has 4 aliphatic carbocycles. The summed E-state index contributed by atoms with van der Waals surface area (Å²) in [6, 6.07) is 7.62. The third-order valence-electron chi connectivity index (χ3n) is 10.1. The zero-order valence-corrected chi connectivity index (χ0v) is 26.2. The average molecular weight is 628 g/mol. The summed E-state index contributed by atoms with van der Waals surface area (Å²) in [5.74, 6) is 0.0451. The summed E-state index contributed by atoms with van der Waals surface area (Å²) in [4.78, 5) is 28.9. The molecule has 4 aliphatic rings. The minimum absolute atomic E-state index is 0.172. The zero-order valence-electron chi connectivity index (χ0n) is 26.2. The molecule has 2 aromatic heterocycles. The van der Waals surface area contributed by atoms with Crippen LogP contribution in [0.15, 0.2) is 41.2 Å². The van der Waals surface area contributed by atoms with E-state index in [1.165, 1.54) is 0 Å². The largest absolute Gasteiger partial charge is 0.464 e. The molecule has 0 spiro atoms. The molecule has 4 fully saturated rings. The molecule has 9 nitrogen and oxygen atoms in total. The number of ether oxygens (including phenoxy) is 1. The predicted octanol–water partition coefficient (Wildman–Crippen LogP) is 6.55. The van der Waals surface area contributed by atoms with Crippen LogP contribution in [-0.2, 0) is 15.6 Å². The first-order valence-electron chi connectivity index (χ1n) is 15.7. The number of amides is 1. The second-order valence-electron chi connectivity index (χ2n) is 14.3. The first-order chi connectivity index (χ1) is 21.2. The van der Waals surface area contributed by atoms with E-state index in [4.69, 9.17) is 14.2 Å². The average Bonchev–Trinajstić information content (AvgIpc) is 3.52. The van der Waals surface area contributed by atoms with Gasteiger partial charge in [0.15, 0.2) is 11.4 Å². The van der Waals surface area contributed by atoms with Crippen LogP contribution in [0.3, 0.4) is 0 Å². The van der Waals surface area contributed by atoms with E-state index < -0.39 is 36.4 Å². The van der Waals surface area contributed by atoms with Crippen LogP contribution >= 0.6 is 0 Å². The number of nitrogens with zero attached hydrogens (tertiary/aromatic N) is 5. The summed E-state index contributed by atoms with van der Waals surface area (Å²) >= 11 is 0. The third-order valence-corrected chi connectivity index (χ3v) is 10.1. The molecule has 1 aromatic carbocycles. The molecule has 2 heterocycles. The second kappa shape index (κ2) is 11.1. The Hall–Kier alpha value is -3.54. The van der Waals surface area contributed by atoms with Gasteiger partial charge in [0.1, 0.15) is 0 Å². The molecule has 0 radical (unpaired) electrons. The lowest BCUT2D eigenvalue weighted by Crippen LogP contribution is -2.60. The van der Waals surface area contributed by atoms with Gasteiger partial charge in [-0.3, -0.25) is 4.79 Å². The van der Waals surface area contributed by atoms with Gasteiger partial charge in [-0.05, 0) is 81.4 Å². The summed E-state index contributed by atoms with van der Waals surface area (Å²) in [5, 5.41) is 14.5. The van der Waals surface area contributed by atoms with E-state index in [-0.39, 0.29) is 22.3 Å². The Morgan fingerprint density at radius 1 is 1.04 bits per heavy atom. The lowest BCUT2D eigenvalue weighted by atomic mass is 9.53. The highest BCUT2D eigenvalue weighted by Gasteiger charge is 2.63. The van der Waals surface area contributed by atoms with Crippen molar-refractivity contribution in [2.75, 3.05) is 18.1 Å². The Kier molecular flexibility index (Phi) is 7.73. The number of benzene rings is 1. The molecule has 0 atom stereocenters. The van der Waals surface area contributed by atoms with Crippen LogP contribution in [0.2, 0.25) is 0 Å². The van der Waals surface area contributed by atoms with Gasteiger partial charge in [-0.1, -0.05) is 38.1 Å². The maximum atomic E-state index is 14.0. The number of alkyl halides is 3. The van der Waals surface area contributed by atoms with Gasteiger partial charge in [0.25, 0.3) is 0 Å². The number of hydrogen-bond donors (Lipinski definition) is 1. The summed E-state index contributed by atoms with van der Waals surface area (Å²) in [7, 11) is 0. The van der Waals surface area contributed by atoms with E-state index >= 15 is 0 Å². The van der Waals surface area contributed by atoms with E-state index in [1.54, 1.807) is 17.3 Å². The van der Waals surface area contributed by atoms with Crippen molar-refractivity contribution in [3.8, 4) is 17.1 Å². The fourth-order valence-electron chi connectivity index (χ4n) is 7.12. The van der Waals surface area contributed by atoms with Crippen LogP contribution in [-0.4, -0.2) is 56.1 Å². The van der Waals surface area contributed by atoms with Gasteiger partial charge in [-0.15, -0.1) is 0 Å². The first-order valence-corrected chi connectivity index (χ1v) is 15.7. The van der Waals surface area contributed by atoms with E-state index in [9.17, 15) is 23.1 Å². The van der Waals surface area contributed by atoms with Crippen molar-refractivity contribution in [1.29, 1.82) is 0 Å². The molecule has 0 saturated heterocycles. The van der Waals surface area contributed by atoms with Crippen LogP contribution in [0.1, 0.15) is 90.8 Å². The molecule has 4 saturated carbocycles. The molecule has 7 rings (SSSR count). The topological polar surface area (TPSA) is 114 Å². The van der Waals surface area contributed by atoms with Crippen molar-refractivity contribution in [3.05, 3.63) is 48.4 Å². The number of halogens is 3. The smallest absolute Gasteiger partial charge is 0.417 e. The van der Waals surface area contributed by atoms with E-state index in [2.05, 4.69) is 15.1 Å². The number of carbonyl (C=O) groups is 1. The number of aromatic nitrogens is 4. The van der Waals surface area contributed by atoms with E-state index in [0.717, 1.165) is 55.5 Å². The predicted molar refractivity (Wildman–Crippen MR) is 160 cm³/mol. The highest BCUT2D eigenvalue weighted by Crippen LogP contribution is 2.58. The fourth-order valence-corrected chi connectivity index (χ4v) is 7.12. The SMILES string of the molecule is CCOc1ncc(-c2cccc(N(CC34CCC(c5noc(C(C)(C)C)n5)(CC3)CC4)C(=O)C3CC(O)(C(F)(F)F)C3)c2)cn1. The van der Waals surface area contributed by atoms with Crippen LogP contribution in [0.25, 0.3) is 11.1 Å². The van der Waals surface area contributed by atoms with E-state index in [1.807, 2.05) is 52.0 Å². The molecule has 242 valence electrons. The van der Waals surface area contributed by atoms with Gasteiger partial charge in [-0.2, -0.15) is 18.2 Å². The molecule has 0 aliphatic heterocycles. The number of rotatable bonds is 8. The number of fused-ring (bicyclic) bond motifs is 3. The standard InChI is InChI=1S/C33H40F3N5O4/c1-5-44-28-37-18-23(19-38-28)21-7-6-8-24(15-21)41(25(42)22-16-32(43,17-22)33(34,35)36)20-30-9-12-31(13-10-30,14-11-30)26-39-27(45-40-26)29(2,3)4/h6-8,15,18-19,22,43H,5,9-14,16-17,20H2,1-4H3. The van der Waals surface area contributed by atoms with Crippen molar-refractivity contribution in [2.24, 2.45) is 11.3 Å². The Morgan fingerprint density at radius 3 is 2.24 bits per heavy atom. The summed E-state index contributed by atoms with van der Waals surface area (Å²) < 4.78 is 51.4. The molecule has 2 bridgehead atoms. The van der Waals surface area contributed by atoms with Gasteiger partial charge in [0.2, 0.25) is 11.8 Å². The fraction of sp³-hybridized carbons (Fsp3) is 0.606. The Morgan fingerprint density at radius 2 is 1.69 bits per heavy atom. The number of anilines is 1. The van der Waals surface area contributed by atoms with Crippen molar-refractivity contribution in [2.45, 2.75) is 102 Å². The third kappa shape index (κ3) is 5.81. The van der Waals surface area contributed by atoms with Gasteiger partial charge >= 0.3 is 12.2 Å². The normalized spacial score (nSPS) is 28.0. The van der Waals surface area contributed by atoms with Gasteiger partial charge in [0, 0.05) is 46.9 Å². The zero-order chi connectivity index (χ0) is 32.3. The van der Waals surface area contributed by atoms with Crippen LogP contribution in [0.4, 0.5) is 18.9 Å². The highest BCUT2D eigenvalue weighted by molar-refractivity contribution is 5.96. The van der Waals surface area contributed by atoms with Gasteiger partial charge in [-0.25, -0.2) is 9.97 Å². The van der Waals surface area contributed by atoms with Crippen molar-refractivity contribution in [3.63, 3.8) is 0 Å². The molecule has 1 N–H and O–H groups in total. The molecule has 3 aromatic rings. The first kappa shape index (κ1) is 31.4. The lowest BCUT2D eigenvalue weighted by molar-refractivity contribution is -0.295. The number of aliphatic hydroxyl groups is 1. The molecule has 0 unspecified atom stereocenters. The molecular weight excluding hydrogens is 587 g/mol. The van der Waals surface area contributed by atoms with Crippen molar-refractivity contribution < 1.29 is 32.3 Å². The maximum absolute atomic E-state index is 14.0. The second-order valence-corrected chi connectivity index (χ2v) is 14.3. The Balaban J connectivity index is 1.26. The minimum Gasteiger partial charge on any atom is -0.464 e. The maximum Gasteiger partial charge on any atom is 0.417 e. The van der Waals surface area contributed by atoms with Crippen molar-refractivity contribution in [1.82, 2.24) is 20.1 Å². The number of hydrogen-bond acceptors (Lipinski definition) is 8. The quantitative estimate of drug-likeness (QED) is 0.299. The minimum atomic E-state index is -4.78. The van der Waals surface area contributed by atoms with Crippen LogP contribution < -0.4 is 9.64 Å². The van der Waals surface area contributed by atoms with Crippen LogP contribution in [0.5, 0.6) is 6.01 Å². The monoisotopic (exact) mass is 627 g/mol. The molecule has 45 heavy (non-hydrogen) atoms. The van der Waals surface area contributed by atoms with Crippen molar-refractivity contribution >= 4 is 11.6 Å². The number of carbonyl (C=O) groups excluding carboxylic acids is 1. The van der Waals surface area contributed by atoms with Gasteiger partial charge in [0.05, 0.1) is 6.61 Å². The van der Waals surface area contributed by atoms with Gasteiger partial charge < -0.3 is 19.3 Å². The molecule has 12 heteroatoms. The van der Waals surface area contributed by atoms with E-state index in [0.29, 0.717) is 24.7 Å². The van der Waals surface area contributed by atoms with Crippen LogP contribution in [0, 0.1) is 11.3 Å². The summed E-state index contributed by atoms with van der Waals surface area (Å²) in [6.45, 7) is 8.77. The molecular formula is C33H40F3N5O4. The molecule has 1 amide bonds. The Labute approximate surface area is 260 Å². The highest BCUT2D eigenvalue weighted by atomic mass is 19.4. The summed E-state index contributed by atoms with van der Waals surface area (Å²) in [5.41, 5.74) is -1.37. The summed E-state index contributed by atoms with van der Waals surface area (Å²) in [6.07, 6.45) is 2.27. The Bertz CT molecular complexity index is 1520.